The van der Waals surface area contributed by atoms with Crippen molar-refractivity contribution >= 4 is 34.4 Å². The Hall–Kier alpha value is -2.83. The number of para-hydroxylation sites is 1. The fourth-order valence-electron chi connectivity index (χ4n) is 2.47. The predicted octanol–water partition coefficient (Wildman–Crippen LogP) is 3.70. The molecule has 3 aromatic rings. The number of hydrogen-bond acceptors (Lipinski definition) is 4. The number of carbonyl (C=O) groups is 2. The van der Waals surface area contributed by atoms with Crippen LogP contribution in [0.5, 0.6) is 0 Å². The summed E-state index contributed by atoms with van der Waals surface area (Å²) in [7, 11) is 0. The molecule has 2 aromatic carbocycles. The molecule has 2 amide bonds. The minimum absolute atomic E-state index is 0.107. The Morgan fingerprint density at radius 3 is 2.46 bits per heavy atom. The van der Waals surface area contributed by atoms with Crippen LogP contribution in [0.15, 0.2) is 52.9 Å². The van der Waals surface area contributed by atoms with Gasteiger partial charge in [0, 0.05) is 28.1 Å². The van der Waals surface area contributed by atoms with Crippen LogP contribution in [0.25, 0.3) is 11.0 Å². The lowest BCUT2D eigenvalue weighted by atomic mass is 10.1. The zero-order chi connectivity index (χ0) is 18.5. The average molecular weight is 373 g/mol. The fraction of sp³-hybridized carbons (Fsp3) is 0.158. The third-order valence-corrected chi connectivity index (χ3v) is 4.00. The number of benzene rings is 2. The Labute approximate surface area is 155 Å². The van der Waals surface area contributed by atoms with E-state index in [0.717, 1.165) is 5.39 Å². The fourth-order valence-corrected chi connectivity index (χ4v) is 2.60. The molecule has 2 N–H and O–H groups in total. The van der Waals surface area contributed by atoms with E-state index in [2.05, 4.69) is 10.9 Å². The van der Waals surface area contributed by atoms with E-state index in [9.17, 15) is 9.59 Å². The number of halogens is 1. The van der Waals surface area contributed by atoms with E-state index in [1.54, 1.807) is 30.3 Å². The summed E-state index contributed by atoms with van der Waals surface area (Å²) in [6.07, 6.45) is 0. The van der Waals surface area contributed by atoms with Gasteiger partial charge in [0.1, 0.15) is 5.58 Å². The molecule has 0 unspecified atom stereocenters. The summed E-state index contributed by atoms with van der Waals surface area (Å²) in [5, 5.41) is 1.32. The molecule has 134 valence electrons. The van der Waals surface area contributed by atoms with Crippen LogP contribution >= 0.6 is 11.6 Å². The predicted molar refractivity (Wildman–Crippen MR) is 97.9 cm³/mol. The molecule has 3 rings (SSSR count). The zero-order valence-corrected chi connectivity index (χ0v) is 14.8. The van der Waals surface area contributed by atoms with Gasteiger partial charge in [0.2, 0.25) is 0 Å². The Morgan fingerprint density at radius 1 is 1.04 bits per heavy atom. The van der Waals surface area contributed by atoms with E-state index in [0.29, 0.717) is 28.3 Å². The van der Waals surface area contributed by atoms with Crippen molar-refractivity contribution < 1.29 is 18.7 Å². The van der Waals surface area contributed by atoms with Gasteiger partial charge in [-0.15, -0.1) is 0 Å². The van der Waals surface area contributed by atoms with Crippen molar-refractivity contribution in [1.82, 2.24) is 10.9 Å². The van der Waals surface area contributed by atoms with Gasteiger partial charge in [-0.25, -0.2) is 0 Å². The van der Waals surface area contributed by atoms with Gasteiger partial charge in [-0.1, -0.05) is 29.8 Å². The van der Waals surface area contributed by atoms with Gasteiger partial charge in [-0.2, -0.15) is 0 Å². The number of hydrazine groups is 1. The van der Waals surface area contributed by atoms with E-state index in [-0.39, 0.29) is 12.4 Å². The molecule has 0 saturated heterocycles. The first kappa shape index (κ1) is 18.0. The van der Waals surface area contributed by atoms with Crippen molar-refractivity contribution in [3.8, 4) is 0 Å². The molecule has 1 heterocycles. The summed E-state index contributed by atoms with van der Waals surface area (Å²) < 4.78 is 11.1. The van der Waals surface area contributed by atoms with Gasteiger partial charge in [0.15, 0.2) is 5.76 Å². The van der Waals surface area contributed by atoms with Crippen LogP contribution < -0.4 is 10.9 Å². The molecule has 0 radical (unpaired) electrons. The van der Waals surface area contributed by atoms with Gasteiger partial charge in [0.25, 0.3) is 5.91 Å². The van der Waals surface area contributed by atoms with Crippen LogP contribution in [0.1, 0.15) is 33.4 Å². The lowest BCUT2D eigenvalue weighted by molar-refractivity contribution is 0.0825. The van der Waals surface area contributed by atoms with Crippen LogP contribution in [0.3, 0.4) is 0 Å². The topological polar surface area (TPSA) is 80.6 Å². The normalized spacial score (nSPS) is 10.7. The van der Waals surface area contributed by atoms with Gasteiger partial charge in [0.05, 0.1) is 6.61 Å². The van der Waals surface area contributed by atoms with Crippen LogP contribution in [-0.4, -0.2) is 18.4 Å². The largest absolute Gasteiger partial charge is 0.450 e. The van der Waals surface area contributed by atoms with Crippen molar-refractivity contribution in [2.24, 2.45) is 0 Å². The van der Waals surface area contributed by atoms with Gasteiger partial charge >= 0.3 is 5.91 Å². The van der Waals surface area contributed by atoms with Crippen molar-refractivity contribution in [1.29, 1.82) is 0 Å². The van der Waals surface area contributed by atoms with Gasteiger partial charge in [-0.3, -0.25) is 20.4 Å². The van der Waals surface area contributed by atoms with Gasteiger partial charge in [-0.05, 0) is 37.3 Å². The van der Waals surface area contributed by atoms with Crippen LogP contribution in [-0.2, 0) is 11.3 Å². The number of rotatable bonds is 5. The second-order valence-corrected chi connectivity index (χ2v) is 5.89. The van der Waals surface area contributed by atoms with E-state index >= 15 is 0 Å². The average Bonchev–Trinajstić information content (AvgIpc) is 3.03. The van der Waals surface area contributed by atoms with E-state index in [1.165, 1.54) is 0 Å². The maximum Gasteiger partial charge on any atom is 0.305 e. The first-order chi connectivity index (χ1) is 12.6. The number of nitrogens with one attached hydrogen (secondary N) is 2. The Kier molecular flexibility index (Phi) is 5.55. The van der Waals surface area contributed by atoms with Crippen molar-refractivity contribution in [3.63, 3.8) is 0 Å². The second-order valence-electron chi connectivity index (χ2n) is 5.46. The molecule has 0 bridgehead atoms. The third kappa shape index (κ3) is 3.87. The van der Waals surface area contributed by atoms with E-state index < -0.39 is 11.8 Å². The highest BCUT2D eigenvalue weighted by Gasteiger charge is 2.21. The smallest absolute Gasteiger partial charge is 0.305 e. The first-order valence-corrected chi connectivity index (χ1v) is 8.42. The molecule has 0 fully saturated rings. The van der Waals surface area contributed by atoms with Crippen LogP contribution in [0, 0.1) is 0 Å². The lowest BCUT2D eigenvalue weighted by Gasteiger charge is -2.07. The number of hydrogen-bond donors (Lipinski definition) is 2. The summed E-state index contributed by atoms with van der Waals surface area (Å²) in [5.41, 5.74) is 6.32. The summed E-state index contributed by atoms with van der Waals surface area (Å²) in [4.78, 5) is 24.6. The van der Waals surface area contributed by atoms with Gasteiger partial charge < -0.3 is 9.15 Å². The number of ether oxygens (including phenoxy) is 1. The highest BCUT2D eigenvalue weighted by Crippen LogP contribution is 2.26. The number of furan rings is 1. The minimum atomic E-state index is -0.557. The Bertz CT molecular complexity index is 934. The lowest BCUT2D eigenvalue weighted by Crippen LogP contribution is -2.41. The van der Waals surface area contributed by atoms with E-state index in [4.69, 9.17) is 20.8 Å². The maximum absolute atomic E-state index is 12.5. The number of amides is 2. The van der Waals surface area contributed by atoms with Crippen molar-refractivity contribution in [3.05, 3.63) is 70.4 Å². The van der Waals surface area contributed by atoms with Crippen molar-refractivity contribution in [2.75, 3.05) is 6.61 Å². The molecule has 0 saturated carbocycles. The second kappa shape index (κ2) is 8.03. The molecule has 0 atom stereocenters. The standard InChI is InChI=1S/C19H17ClN2O4/c1-2-25-11-15-14-5-3-4-6-16(14)26-17(15)19(24)22-21-18(23)12-7-9-13(20)10-8-12/h3-10H,2,11H2,1H3,(H,21,23)(H,22,24). The Balaban J connectivity index is 1.76. The molecule has 7 heteroatoms. The number of carbonyl (C=O) groups excluding carboxylic acids is 2. The SMILES string of the molecule is CCOCc1c(C(=O)NNC(=O)c2ccc(Cl)cc2)oc2ccccc12. The van der Waals surface area contributed by atoms with Crippen molar-refractivity contribution in [2.45, 2.75) is 13.5 Å². The summed E-state index contributed by atoms with van der Waals surface area (Å²) in [6.45, 7) is 2.61. The molecule has 0 aliphatic heterocycles. The Morgan fingerprint density at radius 2 is 1.73 bits per heavy atom. The third-order valence-electron chi connectivity index (χ3n) is 3.75. The summed E-state index contributed by atoms with van der Waals surface area (Å²) in [5.74, 6) is -0.910. The molecule has 26 heavy (non-hydrogen) atoms. The monoisotopic (exact) mass is 372 g/mol. The molecular formula is C19H17ClN2O4. The maximum atomic E-state index is 12.5. The van der Waals surface area contributed by atoms with Crippen LogP contribution in [0.4, 0.5) is 0 Å². The molecule has 0 aliphatic rings. The van der Waals surface area contributed by atoms with Crippen LogP contribution in [0.2, 0.25) is 5.02 Å². The molecule has 0 spiro atoms. The highest BCUT2D eigenvalue weighted by molar-refractivity contribution is 6.30. The quantitative estimate of drug-likeness (QED) is 0.669. The minimum Gasteiger partial charge on any atom is -0.450 e. The molecule has 6 nitrogen and oxygen atoms in total. The molecular weight excluding hydrogens is 356 g/mol. The number of fused-ring (bicyclic) bond motifs is 1. The van der Waals surface area contributed by atoms with E-state index in [1.807, 2.05) is 25.1 Å². The first-order valence-electron chi connectivity index (χ1n) is 8.04. The molecule has 1 aromatic heterocycles. The highest BCUT2D eigenvalue weighted by atomic mass is 35.5. The summed E-state index contributed by atoms with van der Waals surface area (Å²) >= 11 is 5.80. The molecule has 0 aliphatic carbocycles. The zero-order valence-electron chi connectivity index (χ0n) is 14.0. The summed E-state index contributed by atoms with van der Waals surface area (Å²) in [6, 6.07) is 13.6.